The van der Waals surface area contributed by atoms with Crippen LogP contribution in [0.4, 0.5) is 0 Å². The van der Waals surface area contributed by atoms with Crippen LogP contribution in [0.1, 0.15) is 44.1 Å². The van der Waals surface area contributed by atoms with Crippen molar-refractivity contribution in [3.05, 3.63) is 29.8 Å². The zero-order chi connectivity index (χ0) is 13.3. The van der Waals surface area contributed by atoms with E-state index in [0.717, 1.165) is 12.3 Å². The molecule has 0 aliphatic heterocycles. The zero-order valence-corrected chi connectivity index (χ0v) is 12.2. The van der Waals surface area contributed by atoms with Gasteiger partial charge in [0.15, 0.2) is 0 Å². The van der Waals surface area contributed by atoms with Crippen LogP contribution in [0.5, 0.6) is 5.75 Å². The molecule has 0 aromatic heterocycles. The van der Waals surface area contributed by atoms with Crippen molar-refractivity contribution in [3.8, 4) is 5.75 Å². The Bertz CT molecular complexity index is 440. The molecular formula is C17H25NO. The maximum absolute atomic E-state index is 5.60. The van der Waals surface area contributed by atoms with Crippen LogP contribution in [0.15, 0.2) is 24.3 Å². The Kier molecular flexibility index (Phi) is 3.30. The molecule has 1 aromatic carbocycles. The fraction of sp³-hybridized carbons (Fsp3) is 0.647. The Balaban J connectivity index is 1.90. The lowest BCUT2D eigenvalue weighted by Crippen LogP contribution is -2.53. The van der Waals surface area contributed by atoms with E-state index >= 15 is 0 Å². The molecule has 2 nitrogen and oxygen atoms in total. The summed E-state index contributed by atoms with van der Waals surface area (Å²) in [6.07, 6.45) is 8.41. The Hall–Kier alpha value is -1.02. The summed E-state index contributed by atoms with van der Waals surface area (Å²) < 4.78 is 5.60. The molecule has 0 unspecified atom stereocenters. The second-order valence-electron chi connectivity index (χ2n) is 6.57. The van der Waals surface area contributed by atoms with Crippen molar-refractivity contribution in [1.82, 2.24) is 5.32 Å². The molecular weight excluding hydrogens is 234 g/mol. The smallest absolute Gasteiger partial charge is 0.122 e. The topological polar surface area (TPSA) is 21.3 Å². The molecule has 1 N–H and O–H groups in total. The number of para-hydroxylation sites is 1. The van der Waals surface area contributed by atoms with Gasteiger partial charge in [0.2, 0.25) is 0 Å². The van der Waals surface area contributed by atoms with Gasteiger partial charge < -0.3 is 10.1 Å². The fourth-order valence-corrected chi connectivity index (χ4v) is 4.69. The SMILES string of the molecule is CNCC1(c2ccccc2OC)CC2(CCCC2)C1. The third kappa shape index (κ3) is 2.06. The predicted octanol–water partition coefficient (Wildman–Crippen LogP) is 3.51. The second kappa shape index (κ2) is 4.82. The molecule has 2 saturated carbocycles. The lowest BCUT2D eigenvalue weighted by molar-refractivity contribution is 0.0267. The van der Waals surface area contributed by atoms with Crippen LogP contribution in [0.2, 0.25) is 0 Å². The van der Waals surface area contributed by atoms with E-state index in [9.17, 15) is 0 Å². The van der Waals surface area contributed by atoms with Crippen LogP contribution >= 0.6 is 0 Å². The fourth-order valence-electron chi connectivity index (χ4n) is 4.69. The standard InChI is InChI=1S/C17H25NO/c1-18-13-17(11-16(12-17)9-5-6-10-16)14-7-3-4-8-15(14)19-2/h3-4,7-8,18H,5-6,9-13H2,1-2H3. The van der Waals surface area contributed by atoms with Crippen molar-refractivity contribution in [3.63, 3.8) is 0 Å². The maximum atomic E-state index is 5.60. The summed E-state index contributed by atoms with van der Waals surface area (Å²) in [5.74, 6) is 1.06. The normalized spacial score (nSPS) is 23.3. The van der Waals surface area contributed by atoms with Crippen LogP contribution in [0, 0.1) is 5.41 Å². The lowest BCUT2D eigenvalue weighted by atomic mass is 9.49. The Morgan fingerprint density at radius 1 is 1.16 bits per heavy atom. The van der Waals surface area contributed by atoms with Crippen LogP contribution in [-0.4, -0.2) is 20.7 Å². The number of ether oxygens (including phenoxy) is 1. The molecule has 0 heterocycles. The van der Waals surface area contributed by atoms with E-state index in [1.165, 1.54) is 44.1 Å². The molecule has 2 fully saturated rings. The molecule has 2 aliphatic carbocycles. The van der Waals surface area contributed by atoms with E-state index in [1.54, 1.807) is 7.11 Å². The van der Waals surface area contributed by atoms with Gasteiger partial charge in [-0.3, -0.25) is 0 Å². The zero-order valence-electron chi connectivity index (χ0n) is 12.2. The Morgan fingerprint density at radius 3 is 2.47 bits per heavy atom. The van der Waals surface area contributed by atoms with E-state index in [4.69, 9.17) is 4.74 Å². The molecule has 0 bridgehead atoms. The highest BCUT2D eigenvalue weighted by Crippen LogP contribution is 2.63. The van der Waals surface area contributed by atoms with Gasteiger partial charge >= 0.3 is 0 Å². The van der Waals surface area contributed by atoms with Crippen LogP contribution in [-0.2, 0) is 5.41 Å². The molecule has 0 atom stereocenters. The summed E-state index contributed by atoms with van der Waals surface area (Å²) >= 11 is 0. The van der Waals surface area contributed by atoms with Gasteiger partial charge in [0, 0.05) is 17.5 Å². The van der Waals surface area contributed by atoms with Gasteiger partial charge in [0.25, 0.3) is 0 Å². The third-order valence-electron chi connectivity index (χ3n) is 5.28. The average molecular weight is 259 g/mol. The lowest BCUT2D eigenvalue weighted by Gasteiger charge is -2.56. The monoisotopic (exact) mass is 259 g/mol. The molecule has 2 aliphatic rings. The quantitative estimate of drug-likeness (QED) is 0.893. The number of benzene rings is 1. The average Bonchev–Trinajstić information content (AvgIpc) is 2.87. The second-order valence-corrected chi connectivity index (χ2v) is 6.57. The maximum Gasteiger partial charge on any atom is 0.122 e. The largest absolute Gasteiger partial charge is 0.496 e. The number of likely N-dealkylation sites (N-methyl/N-ethyl adjacent to an activating group) is 1. The minimum Gasteiger partial charge on any atom is -0.496 e. The predicted molar refractivity (Wildman–Crippen MR) is 78.7 cm³/mol. The van der Waals surface area contributed by atoms with E-state index in [-0.39, 0.29) is 0 Å². The molecule has 104 valence electrons. The summed E-state index contributed by atoms with van der Waals surface area (Å²) in [5.41, 5.74) is 2.35. The molecule has 3 rings (SSSR count). The van der Waals surface area contributed by atoms with Gasteiger partial charge in [-0.1, -0.05) is 31.0 Å². The number of hydrogen-bond donors (Lipinski definition) is 1. The van der Waals surface area contributed by atoms with Crippen LogP contribution < -0.4 is 10.1 Å². The highest BCUT2D eigenvalue weighted by molar-refractivity contribution is 5.43. The number of rotatable bonds is 4. The minimum atomic E-state index is 0.297. The number of hydrogen-bond acceptors (Lipinski definition) is 2. The van der Waals surface area contributed by atoms with Crippen LogP contribution in [0.25, 0.3) is 0 Å². The van der Waals surface area contributed by atoms with Crippen molar-refractivity contribution < 1.29 is 4.74 Å². The van der Waals surface area contributed by atoms with Crippen molar-refractivity contribution in [2.75, 3.05) is 20.7 Å². The first-order chi connectivity index (χ1) is 9.24. The van der Waals surface area contributed by atoms with Crippen molar-refractivity contribution in [1.29, 1.82) is 0 Å². The van der Waals surface area contributed by atoms with E-state index in [1.807, 2.05) is 0 Å². The summed E-state index contributed by atoms with van der Waals surface area (Å²) in [7, 11) is 3.85. The molecule has 0 amide bonds. The first kappa shape index (κ1) is 13.0. The highest BCUT2D eigenvalue weighted by atomic mass is 16.5. The molecule has 19 heavy (non-hydrogen) atoms. The molecule has 0 radical (unpaired) electrons. The molecule has 1 aromatic rings. The van der Waals surface area contributed by atoms with Gasteiger partial charge in [-0.15, -0.1) is 0 Å². The minimum absolute atomic E-state index is 0.297. The van der Waals surface area contributed by atoms with Gasteiger partial charge in [-0.25, -0.2) is 0 Å². The molecule has 0 saturated heterocycles. The van der Waals surface area contributed by atoms with Gasteiger partial charge in [-0.2, -0.15) is 0 Å². The van der Waals surface area contributed by atoms with E-state index in [2.05, 4.69) is 36.6 Å². The molecule has 2 heteroatoms. The highest BCUT2D eigenvalue weighted by Gasteiger charge is 2.56. The number of methoxy groups -OCH3 is 1. The summed E-state index contributed by atoms with van der Waals surface area (Å²) in [6, 6.07) is 8.58. The van der Waals surface area contributed by atoms with Gasteiger partial charge in [0.05, 0.1) is 7.11 Å². The van der Waals surface area contributed by atoms with Crippen LogP contribution in [0.3, 0.4) is 0 Å². The third-order valence-corrected chi connectivity index (χ3v) is 5.28. The van der Waals surface area contributed by atoms with E-state index < -0.39 is 0 Å². The number of nitrogens with one attached hydrogen (secondary N) is 1. The van der Waals surface area contributed by atoms with Gasteiger partial charge in [0.1, 0.15) is 5.75 Å². The Labute approximate surface area is 116 Å². The van der Waals surface area contributed by atoms with Crippen molar-refractivity contribution in [2.45, 2.75) is 43.9 Å². The Morgan fingerprint density at radius 2 is 1.84 bits per heavy atom. The van der Waals surface area contributed by atoms with Gasteiger partial charge in [-0.05, 0) is 44.2 Å². The summed E-state index contributed by atoms with van der Waals surface area (Å²) in [5, 5.41) is 3.41. The summed E-state index contributed by atoms with van der Waals surface area (Å²) in [4.78, 5) is 0. The van der Waals surface area contributed by atoms with Crippen molar-refractivity contribution in [2.24, 2.45) is 5.41 Å². The molecule has 1 spiro atoms. The summed E-state index contributed by atoms with van der Waals surface area (Å²) in [6.45, 7) is 1.06. The van der Waals surface area contributed by atoms with E-state index in [0.29, 0.717) is 10.8 Å². The first-order valence-corrected chi connectivity index (χ1v) is 7.52. The van der Waals surface area contributed by atoms with Crippen molar-refractivity contribution >= 4 is 0 Å². The first-order valence-electron chi connectivity index (χ1n) is 7.52.